The molecule has 0 aliphatic heterocycles. The van der Waals surface area contributed by atoms with Crippen LogP contribution in [0.4, 0.5) is 18.9 Å². The van der Waals surface area contributed by atoms with E-state index in [1.165, 1.54) is 19.2 Å². The van der Waals surface area contributed by atoms with Crippen molar-refractivity contribution in [3.05, 3.63) is 63.7 Å². The highest BCUT2D eigenvalue weighted by molar-refractivity contribution is 6.19. The van der Waals surface area contributed by atoms with Crippen LogP contribution < -0.4 is 10.5 Å². The Hall–Kier alpha value is -3.41. The number of aliphatic hydroxyl groups is 1. The number of nitro benzene ring substituents is 1. The molecular formula is C17H14BF3N4O4. The van der Waals surface area contributed by atoms with Crippen LogP contribution in [0.1, 0.15) is 5.69 Å². The van der Waals surface area contributed by atoms with Gasteiger partial charge in [-0.05, 0) is 18.2 Å². The molecule has 1 aromatic heterocycles. The monoisotopic (exact) mass is 406 g/mol. The Morgan fingerprint density at radius 2 is 2.14 bits per heavy atom. The first-order chi connectivity index (χ1) is 13.6. The van der Waals surface area contributed by atoms with Gasteiger partial charge in [0, 0.05) is 29.6 Å². The fraction of sp³-hybridized carbons (Fsp3) is 0.176. The van der Waals surface area contributed by atoms with E-state index in [0.717, 1.165) is 24.4 Å². The number of hydrogen-bond acceptors (Lipinski definition) is 7. The molecule has 8 nitrogen and oxygen atoms in total. The summed E-state index contributed by atoms with van der Waals surface area (Å²) in [6.07, 6.45) is 1.35. The van der Waals surface area contributed by atoms with Crippen LogP contribution in [0.2, 0.25) is 0 Å². The maximum absolute atomic E-state index is 13.8. The summed E-state index contributed by atoms with van der Waals surface area (Å²) in [5.41, 5.74) is 1.56. The Labute approximate surface area is 164 Å². The molecule has 2 radical (unpaired) electrons. The number of pyridine rings is 1. The van der Waals surface area contributed by atoms with Gasteiger partial charge in [-0.15, -0.1) is 0 Å². The number of alkyl halides is 2. The number of ether oxygens (including phenoxy) is 1. The second-order valence-electron chi connectivity index (χ2n) is 5.65. The zero-order valence-electron chi connectivity index (χ0n) is 14.9. The van der Waals surface area contributed by atoms with Gasteiger partial charge in [0.1, 0.15) is 25.1 Å². The van der Waals surface area contributed by atoms with Crippen molar-refractivity contribution >= 4 is 19.7 Å². The molecule has 0 saturated carbocycles. The van der Waals surface area contributed by atoms with Gasteiger partial charge in [0.15, 0.2) is 0 Å². The number of nitrogens with zero attached hydrogens (tertiary/aromatic N) is 3. The normalized spacial score (nSPS) is 14.2. The molecule has 150 valence electrons. The lowest BCUT2D eigenvalue weighted by molar-refractivity contribution is -0.385. The van der Waals surface area contributed by atoms with E-state index in [1.807, 2.05) is 0 Å². The third-order valence-electron chi connectivity index (χ3n) is 3.78. The van der Waals surface area contributed by atoms with Crippen LogP contribution in [-0.2, 0) is 5.50 Å². The number of halogens is 3. The van der Waals surface area contributed by atoms with Crippen LogP contribution in [0.5, 0.6) is 5.75 Å². The van der Waals surface area contributed by atoms with Gasteiger partial charge in [0.2, 0.25) is 0 Å². The first-order valence-electron chi connectivity index (χ1n) is 7.86. The standard InChI is InChI=1S/C17H14BF3N4O4/c1-29-13-2-3-14(17(18,26)10(7-22)8-23-16(20)21)24-15(13)9-4-11(19)6-12(5-9)25(27)28/h2-8,16,26H,22H2,1H3/b10-7+,23-8+. The van der Waals surface area contributed by atoms with Gasteiger partial charge in [0.25, 0.3) is 5.69 Å². The smallest absolute Gasteiger partial charge is 0.331 e. The van der Waals surface area contributed by atoms with Crippen LogP contribution >= 0.6 is 0 Å². The molecule has 0 fully saturated rings. The van der Waals surface area contributed by atoms with E-state index in [0.29, 0.717) is 6.21 Å². The van der Waals surface area contributed by atoms with Gasteiger partial charge in [-0.3, -0.25) is 10.1 Å². The molecule has 12 heteroatoms. The number of aromatic nitrogens is 1. The average Bonchev–Trinajstić information content (AvgIpc) is 2.66. The topological polar surface area (TPSA) is 124 Å². The zero-order valence-corrected chi connectivity index (χ0v) is 14.9. The number of hydrogen-bond donors (Lipinski definition) is 2. The van der Waals surface area contributed by atoms with Crippen molar-refractivity contribution in [3.8, 4) is 17.0 Å². The van der Waals surface area contributed by atoms with E-state index in [1.54, 1.807) is 0 Å². The quantitative estimate of drug-likeness (QED) is 0.239. The van der Waals surface area contributed by atoms with Gasteiger partial charge in [-0.1, -0.05) is 0 Å². The van der Waals surface area contributed by atoms with Crippen LogP contribution in [0.15, 0.2) is 47.1 Å². The summed E-state index contributed by atoms with van der Waals surface area (Å²) in [6.45, 7) is -3.06. The first kappa shape index (κ1) is 21.9. The molecule has 0 amide bonds. The lowest BCUT2D eigenvalue weighted by atomic mass is 9.73. The highest BCUT2D eigenvalue weighted by atomic mass is 19.3. The minimum absolute atomic E-state index is 0.0364. The summed E-state index contributed by atoms with van der Waals surface area (Å²) in [5, 5.41) is 21.6. The molecule has 0 spiro atoms. The van der Waals surface area contributed by atoms with Crippen LogP contribution in [0, 0.1) is 15.9 Å². The van der Waals surface area contributed by atoms with Crippen molar-refractivity contribution in [3.63, 3.8) is 0 Å². The minimum atomic E-state index is -3.06. The van der Waals surface area contributed by atoms with E-state index in [-0.39, 0.29) is 22.7 Å². The molecule has 2 aromatic rings. The molecule has 0 saturated heterocycles. The maximum Gasteiger partial charge on any atom is 0.331 e. The lowest BCUT2D eigenvalue weighted by Crippen LogP contribution is -2.31. The molecule has 0 aliphatic rings. The predicted molar refractivity (Wildman–Crippen MR) is 99.3 cm³/mol. The molecule has 1 unspecified atom stereocenters. The molecule has 29 heavy (non-hydrogen) atoms. The van der Waals surface area contributed by atoms with Gasteiger partial charge in [0.05, 0.1) is 29.3 Å². The fourth-order valence-electron chi connectivity index (χ4n) is 2.40. The fourth-order valence-corrected chi connectivity index (χ4v) is 2.40. The van der Waals surface area contributed by atoms with Crippen molar-refractivity contribution in [2.75, 3.05) is 7.11 Å². The number of methoxy groups -OCH3 is 1. The summed E-state index contributed by atoms with van der Waals surface area (Å²) >= 11 is 0. The summed E-state index contributed by atoms with van der Waals surface area (Å²) in [5.74, 6) is -0.818. The summed E-state index contributed by atoms with van der Waals surface area (Å²) in [7, 11) is 7.09. The van der Waals surface area contributed by atoms with Crippen molar-refractivity contribution in [1.82, 2.24) is 4.98 Å². The third kappa shape index (κ3) is 4.91. The first-order valence-corrected chi connectivity index (χ1v) is 7.86. The van der Waals surface area contributed by atoms with Gasteiger partial charge in [-0.2, -0.15) is 8.78 Å². The Morgan fingerprint density at radius 3 is 2.69 bits per heavy atom. The number of nitrogens with two attached hydrogens (primary N) is 1. The Bertz CT molecular complexity index is 983. The molecule has 3 N–H and O–H groups in total. The number of nitro groups is 1. The second kappa shape index (κ2) is 8.73. The van der Waals surface area contributed by atoms with Gasteiger partial charge in [-0.25, -0.2) is 14.4 Å². The van der Waals surface area contributed by atoms with Crippen molar-refractivity contribution in [2.45, 2.75) is 12.0 Å². The summed E-state index contributed by atoms with van der Waals surface area (Å²) in [6, 6.07) is 5.26. The van der Waals surface area contributed by atoms with Crippen LogP contribution in [-0.4, -0.2) is 42.7 Å². The van der Waals surface area contributed by atoms with Gasteiger partial charge < -0.3 is 15.6 Å². The predicted octanol–water partition coefficient (Wildman–Crippen LogP) is 2.25. The Kier molecular flexibility index (Phi) is 6.59. The van der Waals surface area contributed by atoms with E-state index >= 15 is 0 Å². The maximum atomic E-state index is 13.8. The van der Waals surface area contributed by atoms with E-state index < -0.39 is 34.1 Å². The molecule has 1 atom stereocenters. The van der Waals surface area contributed by atoms with Crippen LogP contribution in [0.25, 0.3) is 11.3 Å². The Morgan fingerprint density at radius 1 is 1.45 bits per heavy atom. The zero-order chi connectivity index (χ0) is 21.8. The molecule has 1 heterocycles. The highest BCUT2D eigenvalue weighted by Crippen LogP contribution is 2.34. The lowest BCUT2D eigenvalue weighted by Gasteiger charge is -2.25. The SMILES string of the molecule is [B]C(O)(C(/C=N/C(F)F)=C/N)c1ccc(OC)c(-c2cc(F)cc([N+](=O)[O-])c2)n1. The van der Waals surface area contributed by atoms with E-state index in [4.69, 9.17) is 18.3 Å². The summed E-state index contributed by atoms with van der Waals surface area (Å²) in [4.78, 5) is 17.1. The van der Waals surface area contributed by atoms with E-state index in [2.05, 4.69) is 9.98 Å². The van der Waals surface area contributed by atoms with Crippen molar-refractivity contribution in [2.24, 2.45) is 10.7 Å². The molecular weight excluding hydrogens is 392 g/mol. The number of benzene rings is 1. The average molecular weight is 406 g/mol. The van der Waals surface area contributed by atoms with Gasteiger partial charge >= 0.3 is 6.55 Å². The van der Waals surface area contributed by atoms with E-state index in [9.17, 15) is 28.4 Å². The minimum Gasteiger partial charge on any atom is -0.494 e. The van der Waals surface area contributed by atoms with Crippen molar-refractivity contribution < 1.29 is 27.9 Å². The third-order valence-corrected chi connectivity index (χ3v) is 3.78. The Balaban J connectivity index is 2.63. The molecule has 0 aliphatic carbocycles. The van der Waals surface area contributed by atoms with Crippen molar-refractivity contribution in [1.29, 1.82) is 0 Å². The molecule has 0 bridgehead atoms. The summed E-state index contributed by atoms with van der Waals surface area (Å²) < 4.78 is 43.6. The second-order valence-corrected chi connectivity index (χ2v) is 5.65. The number of aliphatic imine (C=N–C) groups is 1. The largest absolute Gasteiger partial charge is 0.494 e. The number of rotatable bonds is 7. The molecule has 1 aromatic carbocycles. The molecule has 2 rings (SSSR count). The highest BCUT2D eigenvalue weighted by Gasteiger charge is 2.30. The number of non-ortho nitro benzene ring substituents is 1. The van der Waals surface area contributed by atoms with Crippen LogP contribution in [0.3, 0.4) is 0 Å².